The Morgan fingerprint density at radius 1 is 1.67 bits per heavy atom. The summed E-state index contributed by atoms with van der Waals surface area (Å²) in [5.41, 5.74) is 0.443. The maximum Gasteiger partial charge on any atom is 0.132 e. The second kappa shape index (κ2) is 7.78. The molecule has 0 saturated carbocycles. The van der Waals surface area contributed by atoms with Crippen LogP contribution in [0.2, 0.25) is 0 Å². The monoisotopic (exact) mass is 302 g/mol. The quantitative estimate of drug-likeness (QED) is 0.351. The summed E-state index contributed by atoms with van der Waals surface area (Å²) in [5, 5.41) is 0.139. The minimum Gasteiger partial charge on any atom is -0.247 e. The molecule has 1 heterocycles. The highest BCUT2D eigenvalue weighted by molar-refractivity contribution is 7.96. The largest absolute Gasteiger partial charge is 0.247 e. The van der Waals surface area contributed by atoms with E-state index in [4.69, 9.17) is 0 Å². The number of nitrogens with one attached hydrogen (secondary N) is 1. The molecule has 1 unspecified atom stereocenters. The van der Waals surface area contributed by atoms with E-state index in [1.165, 1.54) is 23.6 Å². The molecule has 0 aliphatic heterocycles. The Labute approximate surface area is 121 Å². The van der Waals surface area contributed by atoms with Gasteiger partial charge in [0.05, 0.1) is 12.1 Å². The molecule has 6 heteroatoms. The Morgan fingerprint density at radius 3 is 2.89 bits per heavy atom. The summed E-state index contributed by atoms with van der Waals surface area (Å²) < 4.78 is 20.6. The molecular weight excluding hydrogens is 287 g/mol. The third kappa shape index (κ3) is 4.28. The zero-order valence-corrected chi connectivity index (χ0v) is 12.7. The molecule has 0 saturated heterocycles. The molecule has 98 valence electrons. The van der Waals surface area contributed by atoms with Gasteiger partial charge in [0.25, 0.3) is 0 Å². The standard InChI is InChI=1S/C12H15FN2S3/c1-4-10(13)9(7-15-18-14-3)12-6-5-11(17-12)8(2)16/h4-8,14,16H,1H2,2-3H3/b10-9-,15-7?. The maximum absolute atomic E-state index is 13.7. The Balaban J connectivity index is 3.06. The number of hydrogen-bond donors (Lipinski definition) is 2. The zero-order chi connectivity index (χ0) is 13.5. The summed E-state index contributed by atoms with van der Waals surface area (Å²) in [6.45, 7) is 5.43. The van der Waals surface area contributed by atoms with Crippen molar-refractivity contribution in [3.05, 3.63) is 40.4 Å². The van der Waals surface area contributed by atoms with Crippen molar-refractivity contribution in [2.24, 2.45) is 4.40 Å². The molecule has 0 radical (unpaired) electrons. The minimum atomic E-state index is -0.379. The molecule has 1 rings (SSSR count). The first-order chi connectivity index (χ1) is 8.60. The summed E-state index contributed by atoms with van der Waals surface area (Å²) >= 11 is 7.02. The van der Waals surface area contributed by atoms with E-state index in [0.29, 0.717) is 5.57 Å². The summed E-state index contributed by atoms with van der Waals surface area (Å²) in [4.78, 5) is 1.92. The molecule has 1 aromatic heterocycles. The van der Waals surface area contributed by atoms with Crippen molar-refractivity contribution >= 4 is 47.9 Å². The summed E-state index contributed by atoms with van der Waals surface area (Å²) in [5.74, 6) is -0.379. The van der Waals surface area contributed by atoms with E-state index in [9.17, 15) is 4.39 Å². The van der Waals surface area contributed by atoms with Crippen LogP contribution in [0.15, 0.2) is 35.0 Å². The van der Waals surface area contributed by atoms with Crippen molar-refractivity contribution in [3.8, 4) is 0 Å². The summed E-state index contributed by atoms with van der Waals surface area (Å²) in [6, 6.07) is 3.83. The minimum absolute atomic E-state index is 0.139. The van der Waals surface area contributed by atoms with E-state index in [-0.39, 0.29) is 11.1 Å². The molecule has 0 aliphatic carbocycles. The van der Waals surface area contributed by atoms with Crippen LogP contribution in [0.1, 0.15) is 21.9 Å². The molecule has 2 nitrogen and oxygen atoms in total. The van der Waals surface area contributed by atoms with Gasteiger partial charge in [-0.1, -0.05) is 6.58 Å². The molecule has 0 fully saturated rings. The van der Waals surface area contributed by atoms with Crippen molar-refractivity contribution in [2.75, 3.05) is 7.05 Å². The van der Waals surface area contributed by atoms with Crippen molar-refractivity contribution in [3.63, 3.8) is 0 Å². The predicted octanol–water partition coefficient (Wildman–Crippen LogP) is 4.46. The van der Waals surface area contributed by atoms with Gasteiger partial charge >= 0.3 is 0 Å². The highest BCUT2D eigenvalue weighted by Gasteiger charge is 2.10. The molecular formula is C12H15FN2S3. The van der Waals surface area contributed by atoms with Crippen LogP contribution in [-0.2, 0) is 0 Å². The first-order valence-corrected chi connectivity index (χ1v) is 7.37. The van der Waals surface area contributed by atoms with Gasteiger partial charge in [0.15, 0.2) is 0 Å². The maximum atomic E-state index is 13.7. The molecule has 0 spiro atoms. The summed E-state index contributed by atoms with van der Waals surface area (Å²) in [7, 11) is 1.75. The van der Waals surface area contributed by atoms with Crippen LogP contribution in [0.4, 0.5) is 4.39 Å². The van der Waals surface area contributed by atoms with Gasteiger partial charge in [-0.15, -0.1) is 11.3 Å². The van der Waals surface area contributed by atoms with Crippen LogP contribution in [0.5, 0.6) is 0 Å². The van der Waals surface area contributed by atoms with Crippen molar-refractivity contribution in [1.82, 2.24) is 4.72 Å². The highest BCUT2D eigenvalue weighted by atomic mass is 32.2. The zero-order valence-electron chi connectivity index (χ0n) is 10.2. The fraction of sp³-hybridized carbons (Fsp3) is 0.250. The van der Waals surface area contributed by atoms with E-state index >= 15 is 0 Å². The molecule has 0 aliphatic rings. The van der Waals surface area contributed by atoms with E-state index in [2.05, 4.69) is 28.3 Å². The Morgan fingerprint density at radius 2 is 2.39 bits per heavy atom. The third-order valence-electron chi connectivity index (χ3n) is 2.07. The van der Waals surface area contributed by atoms with Crippen LogP contribution >= 0.6 is 36.1 Å². The van der Waals surface area contributed by atoms with Gasteiger partial charge in [-0.05, 0) is 32.2 Å². The van der Waals surface area contributed by atoms with Crippen LogP contribution < -0.4 is 4.72 Å². The molecule has 1 aromatic rings. The van der Waals surface area contributed by atoms with Gasteiger partial charge in [-0.3, -0.25) is 0 Å². The normalized spacial score (nSPS) is 14.7. The lowest BCUT2D eigenvalue weighted by molar-refractivity contribution is 0.673. The van der Waals surface area contributed by atoms with E-state index < -0.39 is 0 Å². The van der Waals surface area contributed by atoms with Crippen LogP contribution in [0.25, 0.3) is 5.57 Å². The molecule has 1 N–H and O–H groups in total. The lowest BCUT2D eigenvalue weighted by Crippen LogP contribution is -1.89. The molecule has 0 amide bonds. The third-order valence-corrected chi connectivity index (χ3v) is 4.21. The Kier molecular flexibility index (Phi) is 6.70. The predicted molar refractivity (Wildman–Crippen MR) is 85.1 cm³/mol. The Bertz CT molecular complexity index is 464. The number of thiophene rings is 1. The topological polar surface area (TPSA) is 24.4 Å². The molecule has 0 bridgehead atoms. The van der Waals surface area contributed by atoms with Crippen LogP contribution in [0, 0.1) is 0 Å². The first kappa shape index (κ1) is 15.5. The number of rotatable bonds is 6. The number of halogens is 1. The van der Waals surface area contributed by atoms with Crippen molar-refractivity contribution in [2.45, 2.75) is 12.2 Å². The fourth-order valence-electron chi connectivity index (χ4n) is 1.21. The van der Waals surface area contributed by atoms with Crippen LogP contribution in [-0.4, -0.2) is 13.3 Å². The molecule has 0 aromatic carbocycles. The van der Waals surface area contributed by atoms with Crippen molar-refractivity contribution < 1.29 is 4.39 Å². The number of hydrogen-bond acceptors (Lipinski definition) is 5. The van der Waals surface area contributed by atoms with E-state index in [1.807, 2.05) is 19.1 Å². The fourth-order valence-corrected chi connectivity index (χ4v) is 2.67. The average molecular weight is 302 g/mol. The van der Waals surface area contributed by atoms with Gasteiger partial charge in [-0.25, -0.2) is 13.5 Å². The van der Waals surface area contributed by atoms with Crippen molar-refractivity contribution in [1.29, 1.82) is 0 Å². The molecule has 1 atom stereocenters. The second-order valence-electron chi connectivity index (χ2n) is 3.37. The summed E-state index contributed by atoms with van der Waals surface area (Å²) in [6.07, 6.45) is 2.69. The first-order valence-electron chi connectivity index (χ1n) is 5.26. The van der Waals surface area contributed by atoms with Gasteiger partial charge < -0.3 is 0 Å². The number of thiol groups is 1. The van der Waals surface area contributed by atoms with Crippen LogP contribution in [0.3, 0.4) is 0 Å². The number of nitrogens with zero attached hydrogens (tertiary/aromatic N) is 1. The second-order valence-corrected chi connectivity index (χ2v) is 6.07. The Hall–Kier alpha value is -0.560. The van der Waals surface area contributed by atoms with E-state index in [1.54, 1.807) is 7.05 Å². The van der Waals surface area contributed by atoms with Gasteiger partial charge in [0.2, 0.25) is 0 Å². The smallest absolute Gasteiger partial charge is 0.132 e. The van der Waals surface area contributed by atoms with Gasteiger partial charge in [0.1, 0.15) is 5.83 Å². The lowest BCUT2D eigenvalue weighted by Gasteiger charge is -2.00. The number of allylic oxidation sites excluding steroid dienone is 3. The SMILES string of the molecule is C=C/C(F)=C(\C=NSNC)c1ccc(C(C)S)s1. The highest BCUT2D eigenvalue weighted by Crippen LogP contribution is 2.32. The van der Waals surface area contributed by atoms with Gasteiger partial charge in [0, 0.05) is 26.8 Å². The lowest BCUT2D eigenvalue weighted by atomic mass is 10.2. The average Bonchev–Trinajstić information content (AvgIpc) is 2.83. The van der Waals surface area contributed by atoms with Gasteiger partial charge in [-0.2, -0.15) is 12.6 Å². The molecule has 18 heavy (non-hydrogen) atoms. The van der Waals surface area contributed by atoms with E-state index in [0.717, 1.165) is 21.9 Å².